The van der Waals surface area contributed by atoms with Gasteiger partial charge in [0.05, 0.1) is 18.4 Å². The predicted molar refractivity (Wildman–Crippen MR) is 102 cm³/mol. The monoisotopic (exact) mass is 405 g/mol. The number of furan rings is 1. The van der Waals surface area contributed by atoms with Gasteiger partial charge in [0.15, 0.2) is 5.76 Å². The standard InChI is InChI=1S/C19H13Cl2NO5/c1-26-16-3-2-10(19(24)25)8-14(16)22-18(23)17-5-4-15(27-17)11-6-12(20)9-13(21)7-11/h2-9H,1H3,(H,22,23)(H,24,25). The molecule has 1 aromatic heterocycles. The van der Waals surface area contributed by atoms with Crippen molar-refractivity contribution in [2.45, 2.75) is 0 Å². The molecule has 2 aromatic carbocycles. The van der Waals surface area contributed by atoms with Crippen molar-refractivity contribution in [3.63, 3.8) is 0 Å². The van der Waals surface area contributed by atoms with E-state index in [1.807, 2.05) is 0 Å². The van der Waals surface area contributed by atoms with E-state index in [9.17, 15) is 9.59 Å². The van der Waals surface area contributed by atoms with Crippen molar-refractivity contribution < 1.29 is 23.8 Å². The topological polar surface area (TPSA) is 88.8 Å². The zero-order chi connectivity index (χ0) is 19.6. The number of aromatic carboxylic acids is 1. The molecule has 0 aliphatic rings. The fraction of sp³-hybridized carbons (Fsp3) is 0.0526. The van der Waals surface area contributed by atoms with Gasteiger partial charge < -0.3 is 19.6 Å². The maximum Gasteiger partial charge on any atom is 0.335 e. The molecule has 0 unspecified atom stereocenters. The third kappa shape index (κ3) is 4.24. The molecular weight excluding hydrogens is 393 g/mol. The van der Waals surface area contributed by atoms with E-state index >= 15 is 0 Å². The third-order valence-corrected chi connectivity index (χ3v) is 4.11. The average Bonchev–Trinajstić information content (AvgIpc) is 3.11. The zero-order valence-electron chi connectivity index (χ0n) is 14.0. The Labute approximate surface area is 164 Å². The van der Waals surface area contributed by atoms with Gasteiger partial charge in [-0.2, -0.15) is 0 Å². The number of carboxylic acids is 1. The number of ether oxygens (including phenoxy) is 1. The van der Waals surface area contributed by atoms with E-state index in [1.165, 1.54) is 31.4 Å². The van der Waals surface area contributed by atoms with Gasteiger partial charge in [0.1, 0.15) is 11.5 Å². The lowest BCUT2D eigenvalue weighted by Gasteiger charge is -2.10. The highest BCUT2D eigenvalue weighted by Gasteiger charge is 2.16. The zero-order valence-corrected chi connectivity index (χ0v) is 15.5. The largest absolute Gasteiger partial charge is 0.495 e. The van der Waals surface area contributed by atoms with Gasteiger partial charge in [-0.05, 0) is 48.5 Å². The van der Waals surface area contributed by atoms with Crippen LogP contribution < -0.4 is 10.1 Å². The first-order valence-electron chi connectivity index (χ1n) is 7.66. The fourth-order valence-corrected chi connectivity index (χ4v) is 2.96. The molecule has 3 aromatic rings. The van der Waals surface area contributed by atoms with Crippen LogP contribution in [-0.2, 0) is 0 Å². The van der Waals surface area contributed by atoms with E-state index < -0.39 is 11.9 Å². The number of methoxy groups -OCH3 is 1. The second-order valence-corrected chi connectivity index (χ2v) is 6.37. The molecule has 1 amide bonds. The first-order chi connectivity index (χ1) is 12.9. The molecule has 0 saturated carbocycles. The summed E-state index contributed by atoms with van der Waals surface area (Å²) in [6.07, 6.45) is 0. The first-order valence-corrected chi connectivity index (χ1v) is 8.42. The molecule has 0 radical (unpaired) electrons. The molecule has 2 N–H and O–H groups in total. The number of carbonyl (C=O) groups is 2. The van der Waals surface area contributed by atoms with Crippen molar-refractivity contribution in [2.24, 2.45) is 0 Å². The molecule has 0 aliphatic carbocycles. The van der Waals surface area contributed by atoms with Crippen molar-refractivity contribution in [2.75, 3.05) is 12.4 Å². The number of carbonyl (C=O) groups excluding carboxylic acids is 1. The summed E-state index contributed by atoms with van der Waals surface area (Å²) in [5.74, 6) is -0.914. The second-order valence-electron chi connectivity index (χ2n) is 5.50. The number of carboxylic acid groups (broad SMARTS) is 1. The van der Waals surface area contributed by atoms with Gasteiger partial charge in [0.2, 0.25) is 0 Å². The molecule has 27 heavy (non-hydrogen) atoms. The van der Waals surface area contributed by atoms with Gasteiger partial charge in [-0.3, -0.25) is 4.79 Å². The maximum atomic E-state index is 12.5. The van der Waals surface area contributed by atoms with Crippen LogP contribution in [-0.4, -0.2) is 24.1 Å². The number of hydrogen-bond acceptors (Lipinski definition) is 4. The number of halogens is 2. The molecule has 3 rings (SSSR count). The lowest BCUT2D eigenvalue weighted by atomic mass is 10.2. The molecule has 0 saturated heterocycles. The summed E-state index contributed by atoms with van der Waals surface area (Å²) in [5, 5.41) is 12.6. The van der Waals surface area contributed by atoms with E-state index in [0.29, 0.717) is 27.1 Å². The van der Waals surface area contributed by atoms with Crippen molar-refractivity contribution in [1.29, 1.82) is 0 Å². The molecule has 0 spiro atoms. The summed E-state index contributed by atoms with van der Waals surface area (Å²) in [6, 6.07) is 12.2. The summed E-state index contributed by atoms with van der Waals surface area (Å²) in [4.78, 5) is 23.6. The van der Waals surface area contributed by atoms with Crippen LogP contribution in [0.3, 0.4) is 0 Å². The minimum absolute atomic E-state index is 0.0137. The average molecular weight is 406 g/mol. The van der Waals surface area contributed by atoms with Crippen LogP contribution in [0.1, 0.15) is 20.9 Å². The Bertz CT molecular complexity index is 1010. The molecule has 1 heterocycles. The molecular formula is C19H13Cl2NO5. The van der Waals surface area contributed by atoms with Crippen molar-refractivity contribution in [1.82, 2.24) is 0 Å². The molecule has 0 aliphatic heterocycles. The Kier molecular flexibility index (Phi) is 5.39. The summed E-state index contributed by atoms with van der Waals surface area (Å²) in [5.41, 5.74) is 0.850. The van der Waals surface area contributed by atoms with Crippen LogP contribution in [0, 0.1) is 0 Å². The highest BCUT2D eigenvalue weighted by molar-refractivity contribution is 6.35. The number of benzene rings is 2. The van der Waals surface area contributed by atoms with Gasteiger partial charge in [-0.15, -0.1) is 0 Å². The molecule has 0 fully saturated rings. The fourth-order valence-electron chi connectivity index (χ4n) is 2.43. The normalized spacial score (nSPS) is 10.5. The lowest BCUT2D eigenvalue weighted by Crippen LogP contribution is -2.12. The SMILES string of the molecule is COc1ccc(C(=O)O)cc1NC(=O)c1ccc(-c2cc(Cl)cc(Cl)c2)o1. The first kappa shape index (κ1) is 18.8. The highest BCUT2D eigenvalue weighted by atomic mass is 35.5. The number of rotatable bonds is 5. The molecule has 138 valence electrons. The number of nitrogens with one attached hydrogen (secondary N) is 1. The van der Waals surface area contributed by atoms with Crippen LogP contribution in [0.4, 0.5) is 5.69 Å². The maximum absolute atomic E-state index is 12.5. The Hall–Kier alpha value is -2.96. The van der Waals surface area contributed by atoms with Crippen LogP contribution in [0.15, 0.2) is 52.9 Å². The summed E-state index contributed by atoms with van der Waals surface area (Å²) < 4.78 is 10.7. The smallest absolute Gasteiger partial charge is 0.335 e. The van der Waals surface area contributed by atoms with E-state index in [0.717, 1.165) is 0 Å². The summed E-state index contributed by atoms with van der Waals surface area (Å²) in [6.45, 7) is 0. The highest BCUT2D eigenvalue weighted by Crippen LogP contribution is 2.30. The number of hydrogen-bond donors (Lipinski definition) is 2. The van der Waals surface area contributed by atoms with Crippen molar-refractivity contribution >= 4 is 40.8 Å². The van der Waals surface area contributed by atoms with Gasteiger partial charge >= 0.3 is 5.97 Å². The quantitative estimate of drug-likeness (QED) is 0.607. The molecule has 0 bridgehead atoms. The third-order valence-electron chi connectivity index (χ3n) is 3.67. The molecule has 6 nitrogen and oxygen atoms in total. The van der Waals surface area contributed by atoms with Crippen LogP contribution in [0.5, 0.6) is 5.75 Å². The molecule has 0 atom stereocenters. The second kappa shape index (κ2) is 7.73. The molecule has 8 heteroatoms. The predicted octanol–water partition coefficient (Wildman–Crippen LogP) is 5.21. The van der Waals surface area contributed by atoms with Crippen molar-refractivity contribution in [3.05, 3.63) is 69.9 Å². The summed E-state index contributed by atoms with van der Waals surface area (Å²) >= 11 is 12.0. The minimum atomic E-state index is -1.12. The lowest BCUT2D eigenvalue weighted by molar-refractivity contribution is 0.0696. The summed E-state index contributed by atoms with van der Waals surface area (Å²) in [7, 11) is 1.42. The van der Waals surface area contributed by atoms with E-state index in [2.05, 4.69) is 5.32 Å². The minimum Gasteiger partial charge on any atom is -0.495 e. The van der Waals surface area contributed by atoms with Gasteiger partial charge in [-0.25, -0.2) is 4.79 Å². The van der Waals surface area contributed by atoms with Crippen molar-refractivity contribution in [3.8, 4) is 17.1 Å². The van der Waals surface area contributed by atoms with Crippen LogP contribution in [0.2, 0.25) is 10.0 Å². The Morgan fingerprint density at radius 2 is 1.74 bits per heavy atom. The Balaban J connectivity index is 1.86. The van der Waals surface area contributed by atoms with Crippen LogP contribution in [0.25, 0.3) is 11.3 Å². The van der Waals surface area contributed by atoms with E-state index in [4.69, 9.17) is 37.5 Å². The van der Waals surface area contributed by atoms with Crippen LogP contribution >= 0.6 is 23.2 Å². The number of amides is 1. The van der Waals surface area contributed by atoms with Gasteiger partial charge in [0.25, 0.3) is 5.91 Å². The van der Waals surface area contributed by atoms with Gasteiger partial charge in [0, 0.05) is 15.6 Å². The Morgan fingerprint density at radius 3 is 2.37 bits per heavy atom. The number of anilines is 1. The van der Waals surface area contributed by atoms with E-state index in [1.54, 1.807) is 24.3 Å². The Morgan fingerprint density at radius 1 is 1.04 bits per heavy atom. The van der Waals surface area contributed by atoms with Gasteiger partial charge in [-0.1, -0.05) is 23.2 Å². The van der Waals surface area contributed by atoms with E-state index in [-0.39, 0.29) is 17.0 Å².